The Morgan fingerprint density at radius 2 is 2.33 bits per heavy atom. The zero-order valence-corrected chi connectivity index (χ0v) is 7.68. The highest BCUT2D eigenvalue weighted by molar-refractivity contribution is 7.99. The summed E-state index contributed by atoms with van der Waals surface area (Å²) in [4.78, 5) is 4.15. The van der Waals surface area contributed by atoms with Gasteiger partial charge >= 0.3 is 0 Å². The first kappa shape index (κ1) is 9.35. The third-order valence-electron chi connectivity index (χ3n) is 1.39. The quantitative estimate of drug-likeness (QED) is 0.542. The maximum atomic E-state index is 5.69. The van der Waals surface area contributed by atoms with Crippen LogP contribution < -0.4 is 11.5 Å². The molecular formula is C8H13N3S. The van der Waals surface area contributed by atoms with Crippen LogP contribution in [0.1, 0.15) is 6.42 Å². The first-order chi connectivity index (χ1) is 5.84. The predicted octanol–water partition coefficient (Wildman–Crippen LogP) is 1.10. The molecule has 1 rings (SSSR count). The van der Waals surface area contributed by atoms with Crippen molar-refractivity contribution in [2.45, 2.75) is 11.4 Å². The second kappa shape index (κ2) is 5.00. The van der Waals surface area contributed by atoms with Gasteiger partial charge in [-0.3, -0.25) is 0 Å². The van der Waals surface area contributed by atoms with Crippen LogP contribution in [0, 0.1) is 0 Å². The minimum atomic E-state index is 0.722. The summed E-state index contributed by atoms with van der Waals surface area (Å²) in [5.41, 5.74) is 11.8. The Kier molecular flexibility index (Phi) is 3.90. The van der Waals surface area contributed by atoms with E-state index >= 15 is 0 Å². The Labute approximate surface area is 76.5 Å². The topological polar surface area (TPSA) is 64.9 Å². The van der Waals surface area contributed by atoms with Gasteiger partial charge in [0.1, 0.15) is 5.03 Å². The number of hydrogen-bond acceptors (Lipinski definition) is 4. The third kappa shape index (κ3) is 2.71. The fourth-order valence-electron chi connectivity index (χ4n) is 0.776. The molecule has 0 fully saturated rings. The fraction of sp³-hybridized carbons (Fsp3) is 0.375. The number of thioether (sulfide) groups is 1. The molecule has 3 nitrogen and oxygen atoms in total. The average molecular weight is 183 g/mol. The molecule has 0 aromatic carbocycles. The van der Waals surface area contributed by atoms with Crippen LogP contribution in [0.3, 0.4) is 0 Å². The summed E-state index contributed by atoms with van der Waals surface area (Å²) < 4.78 is 0. The van der Waals surface area contributed by atoms with E-state index in [1.807, 2.05) is 12.1 Å². The zero-order chi connectivity index (χ0) is 8.81. The monoisotopic (exact) mass is 183 g/mol. The molecule has 0 aliphatic heterocycles. The fourth-order valence-corrected chi connectivity index (χ4v) is 1.65. The second-order valence-electron chi connectivity index (χ2n) is 2.39. The van der Waals surface area contributed by atoms with E-state index in [9.17, 15) is 0 Å². The van der Waals surface area contributed by atoms with Gasteiger partial charge in [0.2, 0.25) is 0 Å². The smallest absolute Gasteiger partial charge is 0.119 e. The molecule has 1 heterocycles. The molecule has 66 valence electrons. The van der Waals surface area contributed by atoms with Crippen molar-refractivity contribution in [3.8, 4) is 0 Å². The van der Waals surface area contributed by atoms with Crippen LogP contribution in [0.2, 0.25) is 0 Å². The summed E-state index contributed by atoms with van der Waals surface area (Å²) in [6.07, 6.45) is 2.75. The minimum Gasteiger partial charge on any atom is -0.397 e. The Hall–Kier alpha value is -0.740. The van der Waals surface area contributed by atoms with Gasteiger partial charge in [0.05, 0.1) is 5.69 Å². The van der Waals surface area contributed by atoms with E-state index in [-0.39, 0.29) is 0 Å². The van der Waals surface area contributed by atoms with Gasteiger partial charge in [-0.25, -0.2) is 4.98 Å². The SMILES string of the molecule is NCCCSc1ncccc1N. The molecule has 0 saturated heterocycles. The molecule has 0 aliphatic carbocycles. The minimum absolute atomic E-state index is 0.722. The highest BCUT2D eigenvalue weighted by atomic mass is 32.2. The van der Waals surface area contributed by atoms with Crippen molar-refractivity contribution in [2.24, 2.45) is 5.73 Å². The van der Waals surface area contributed by atoms with E-state index in [1.54, 1.807) is 18.0 Å². The van der Waals surface area contributed by atoms with E-state index in [4.69, 9.17) is 11.5 Å². The number of nitrogens with zero attached hydrogens (tertiary/aromatic N) is 1. The van der Waals surface area contributed by atoms with E-state index in [0.717, 1.165) is 29.4 Å². The Morgan fingerprint density at radius 3 is 3.00 bits per heavy atom. The first-order valence-corrected chi connectivity index (χ1v) is 4.86. The molecule has 0 spiro atoms. The van der Waals surface area contributed by atoms with Crippen molar-refractivity contribution in [1.82, 2.24) is 4.98 Å². The molecule has 1 aromatic rings. The van der Waals surface area contributed by atoms with Gasteiger partial charge in [0, 0.05) is 11.9 Å². The lowest BCUT2D eigenvalue weighted by atomic mass is 10.4. The summed E-state index contributed by atoms with van der Waals surface area (Å²) in [5, 5.41) is 0.908. The van der Waals surface area contributed by atoms with Gasteiger partial charge in [-0.05, 0) is 25.1 Å². The van der Waals surface area contributed by atoms with Crippen LogP contribution in [0.5, 0.6) is 0 Å². The van der Waals surface area contributed by atoms with E-state index < -0.39 is 0 Å². The van der Waals surface area contributed by atoms with E-state index in [2.05, 4.69) is 4.98 Å². The maximum Gasteiger partial charge on any atom is 0.119 e. The summed E-state index contributed by atoms with van der Waals surface area (Å²) in [7, 11) is 0. The first-order valence-electron chi connectivity index (χ1n) is 3.88. The van der Waals surface area contributed by atoms with Crippen molar-refractivity contribution in [1.29, 1.82) is 0 Å². The van der Waals surface area contributed by atoms with Gasteiger partial charge < -0.3 is 11.5 Å². The van der Waals surface area contributed by atoms with E-state index in [1.165, 1.54) is 0 Å². The van der Waals surface area contributed by atoms with Gasteiger partial charge in [-0.15, -0.1) is 11.8 Å². The van der Waals surface area contributed by atoms with Crippen LogP contribution in [0.25, 0.3) is 0 Å². The lowest BCUT2D eigenvalue weighted by Crippen LogP contribution is -2.00. The number of nitrogen functional groups attached to an aromatic ring is 1. The zero-order valence-electron chi connectivity index (χ0n) is 6.86. The van der Waals surface area contributed by atoms with Crippen molar-refractivity contribution in [3.05, 3.63) is 18.3 Å². The summed E-state index contributed by atoms with van der Waals surface area (Å²) in [6, 6.07) is 3.69. The third-order valence-corrected chi connectivity index (χ3v) is 2.50. The summed E-state index contributed by atoms with van der Waals surface area (Å²) in [6.45, 7) is 0.722. The molecule has 12 heavy (non-hydrogen) atoms. The molecule has 0 bridgehead atoms. The highest BCUT2D eigenvalue weighted by Gasteiger charge is 1.98. The van der Waals surface area contributed by atoms with Crippen LogP contribution in [-0.4, -0.2) is 17.3 Å². The highest BCUT2D eigenvalue weighted by Crippen LogP contribution is 2.21. The number of pyridine rings is 1. The van der Waals surface area contributed by atoms with Crippen LogP contribution in [0.15, 0.2) is 23.4 Å². The molecule has 4 N–H and O–H groups in total. The van der Waals surface area contributed by atoms with Crippen LogP contribution in [-0.2, 0) is 0 Å². The second-order valence-corrected chi connectivity index (χ2v) is 3.47. The molecule has 0 atom stereocenters. The lowest BCUT2D eigenvalue weighted by molar-refractivity contribution is 0.941. The number of nitrogens with two attached hydrogens (primary N) is 2. The Morgan fingerprint density at radius 1 is 1.50 bits per heavy atom. The number of anilines is 1. The normalized spacial score (nSPS) is 10.1. The summed E-state index contributed by atoms with van der Waals surface area (Å²) >= 11 is 1.66. The van der Waals surface area contributed by atoms with E-state index in [0.29, 0.717) is 0 Å². The molecule has 0 amide bonds. The number of rotatable bonds is 4. The largest absolute Gasteiger partial charge is 0.397 e. The number of hydrogen-bond donors (Lipinski definition) is 2. The van der Waals surface area contributed by atoms with Crippen molar-refractivity contribution < 1.29 is 0 Å². The lowest BCUT2D eigenvalue weighted by Gasteiger charge is -2.01. The van der Waals surface area contributed by atoms with Gasteiger partial charge in [0.25, 0.3) is 0 Å². The van der Waals surface area contributed by atoms with Crippen molar-refractivity contribution in [2.75, 3.05) is 18.0 Å². The molecule has 4 heteroatoms. The van der Waals surface area contributed by atoms with Crippen LogP contribution in [0.4, 0.5) is 5.69 Å². The van der Waals surface area contributed by atoms with Gasteiger partial charge in [-0.2, -0.15) is 0 Å². The van der Waals surface area contributed by atoms with Crippen molar-refractivity contribution >= 4 is 17.4 Å². The average Bonchev–Trinajstić information content (AvgIpc) is 2.09. The molecule has 0 aliphatic rings. The molecule has 0 unspecified atom stereocenters. The van der Waals surface area contributed by atoms with Gasteiger partial charge in [-0.1, -0.05) is 0 Å². The molecule has 1 aromatic heterocycles. The van der Waals surface area contributed by atoms with Gasteiger partial charge in [0.15, 0.2) is 0 Å². The van der Waals surface area contributed by atoms with Crippen molar-refractivity contribution in [3.63, 3.8) is 0 Å². The molecule has 0 saturated carbocycles. The standard InChI is InChI=1S/C8H13N3S/c9-4-2-6-12-8-7(10)3-1-5-11-8/h1,3,5H,2,4,6,9-10H2. The Bertz CT molecular complexity index is 239. The van der Waals surface area contributed by atoms with Crippen LogP contribution >= 0.6 is 11.8 Å². The number of aromatic nitrogens is 1. The summed E-state index contributed by atoms with van der Waals surface area (Å²) in [5.74, 6) is 0.984. The maximum absolute atomic E-state index is 5.69. The molecule has 0 radical (unpaired) electrons. The molecular weight excluding hydrogens is 170 g/mol. The Balaban J connectivity index is 2.46. The predicted molar refractivity (Wildman–Crippen MR) is 53.0 cm³/mol.